The number of halogens is 3. The molecule has 7 heteroatoms. The van der Waals surface area contributed by atoms with Crippen LogP contribution in [0.3, 0.4) is 0 Å². The van der Waals surface area contributed by atoms with E-state index in [1.165, 1.54) is 4.90 Å². The fraction of sp³-hybridized carbons (Fsp3) is 0.929. The van der Waals surface area contributed by atoms with Crippen LogP contribution in [-0.2, 0) is 4.74 Å². The largest absolute Gasteiger partial charge is 0.444 e. The molecule has 4 nitrogen and oxygen atoms in total. The Morgan fingerprint density at radius 2 is 2.00 bits per heavy atom. The summed E-state index contributed by atoms with van der Waals surface area (Å²) in [5, 5.41) is 2.72. The first kappa shape index (κ1) is 18.1. The van der Waals surface area contributed by atoms with Crippen molar-refractivity contribution in [1.82, 2.24) is 10.2 Å². The van der Waals surface area contributed by atoms with Gasteiger partial charge in [0.15, 0.2) is 0 Å². The molecule has 0 aromatic carbocycles. The van der Waals surface area contributed by atoms with Crippen LogP contribution < -0.4 is 5.32 Å². The quantitative estimate of drug-likeness (QED) is 0.870. The second kappa shape index (κ2) is 6.85. The van der Waals surface area contributed by atoms with Crippen LogP contribution in [0, 0.1) is 5.92 Å². The van der Waals surface area contributed by atoms with Crippen LogP contribution in [0.4, 0.5) is 18.0 Å². The fourth-order valence-corrected chi connectivity index (χ4v) is 2.51. The molecule has 0 bridgehead atoms. The van der Waals surface area contributed by atoms with Crippen LogP contribution in [0.25, 0.3) is 0 Å². The first-order chi connectivity index (χ1) is 9.46. The van der Waals surface area contributed by atoms with E-state index in [0.717, 1.165) is 6.42 Å². The number of alkyl halides is 3. The Morgan fingerprint density at radius 3 is 2.52 bits per heavy atom. The van der Waals surface area contributed by atoms with Crippen LogP contribution in [0.15, 0.2) is 0 Å². The van der Waals surface area contributed by atoms with E-state index in [4.69, 9.17) is 4.74 Å². The van der Waals surface area contributed by atoms with Crippen LogP contribution in [-0.4, -0.2) is 48.4 Å². The maximum absolute atomic E-state index is 12.4. The van der Waals surface area contributed by atoms with Crippen molar-refractivity contribution < 1.29 is 22.7 Å². The third-order valence-electron chi connectivity index (χ3n) is 3.40. The Kier molecular flexibility index (Phi) is 5.90. The summed E-state index contributed by atoms with van der Waals surface area (Å²) >= 11 is 0. The average Bonchev–Trinajstić information content (AvgIpc) is 2.23. The minimum atomic E-state index is -4.18. The summed E-state index contributed by atoms with van der Waals surface area (Å²) in [6, 6.07) is -0.212. The zero-order valence-corrected chi connectivity index (χ0v) is 13.1. The Morgan fingerprint density at radius 1 is 1.38 bits per heavy atom. The Hall–Kier alpha value is -0.980. The van der Waals surface area contributed by atoms with E-state index in [1.54, 1.807) is 20.8 Å². The summed E-state index contributed by atoms with van der Waals surface area (Å²) in [6.45, 7) is 7.02. The Balaban J connectivity index is 2.46. The van der Waals surface area contributed by atoms with Gasteiger partial charge < -0.3 is 10.1 Å². The van der Waals surface area contributed by atoms with Crippen LogP contribution in [0.1, 0.15) is 40.5 Å². The van der Waals surface area contributed by atoms with Gasteiger partial charge in [-0.2, -0.15) is 13.2 Å². The molecular weight excluding hydrogens is 285 g/mol. The number of ether oxygens (including phenoxy) is 1. The normalized spacial score (nSPS) is 22.7. The molecule has 0 spiro atoms. The van der Waals surface area contributed by atoms with Crippen LogP contribution in [0.5, 0.6) is 0 Å². The topological polar surface area (TPSA) is 41.6 Å². The van der Waals surface area contributed by atoms with Crippen molar-refractivity contribution in [3.05, 3.63) is 0 Å². The van der Waals surface area contributed by atoms with E-state index in [-0.39, 0.29) is 12.0 Å². The summed E-state index contributed by atoms with van der Waals surface area (Å²) in [6.07, 6.45) is -3.18. The molecule has 21 heavy (non-hydrogen) atoms. The van der Waals surface area contributed by atoms with Gasteiger partial charge in [-0.1, -0.05) is 0 Å². The minimum absolute atomic E-state index is 0.00798. The zero-order chi connectivity index (χ0) is 16.3. The molecule has 1 aliphatic heterocycles. The predicted octanol–water partition coefficient (Wildman–Crippen LogP) is 3.17. The van der Waals surface area contributed by atoms with Crippen molar-refractivity contribution in [2.45, 2.75) is 58.4 Å². The van der Waals surface area contributed by atoms with Crippen molar-refractivity contribution in [2.24, 2.45) is 5.92 Å². The van der Waals surface area contributed by atoms with E-state index in [0.29, 0.717) is 19.5 Å². The number of piperidine rings is 1. The number of amides is 1. The summed E-state index contributed by atoms with van der Waals surface area (Å²) in [5.41, 5.74) is -0.585. The highest BCUT2D eigenvalue weighted by Crippen LogP contribution is 2.24. The monoisotopic (exact) mass is 310 g/mol. The number of nitrogens with zero attached hydrogens (tertiary/aromatic N) is 1. The summed E-state index contributed by atoms with van der Waals surface area (Å²) < 4.78 is 42.5. The van der Waals surface area contributed by atoms with E-state index in [2.05, 4.69) is 5.32 Å². The highest BCUT2D eigenvalue weighted by Gasteiger charge is 2.34. The van der Waals surface area contributed by atoms with Gasteiger partial charge in [0.05, 0.1) is 6.54 Å². The van der Waals surface area contributed by atoms with Gasteiger partial charge in [0, 0.05) is 12.6 Å². The highest BCUT2D eigenvalue weighted by atomic mass is 19.4. The maximum atomic E-state index is 12.4. The molecule has 1 rings (SSSR count). The van der Waals surface area contributed by atoms with Gasteiger partial charge in [-0.05, 0) is 53.0 Å². The molecule has 0 unspecified atom stereocenters. The lowest BCUT2D eigenvalue weighted by Crippen LogP contribution is -2.49. The molecule has 124 valence electrons. The molecule has 2 atom stereocenters. The number of nitrogens with one attached hydrogen (secondary N) is 1. The van der Waals surface area contributed by atoms with Crippen molar-refractivity contribution in [3.8, 4) is 0 Å². The Labute approximate surface area is 124 Å². The number of alkyl carbamates (subject to hydrolysis) is 1. The molecule has 0 radical (unpaired) electrons. The molecule has 0 saturated carbocycles. The molecule has 1 fully saturated rings. The highest BCUT2D eigenvalue weighted by molar-refractivity contribution is 5.68. The molecule has 1 aliphatic rings. The second-order valence-corrected chi connectivity index (χ2v) is 6.69. The molecular formula is C14H25F3N2O2. The molecule has 1 N–H and O–H groups in total. The number of carbonyl (C=O) groups excluding carboxylic acids is 1. The standard InChI is InChI=1S/C14H25F3N2O2/c1-10(18-12(20)21-13(2,3)4)11-6-5-7-19(8-11)9-14(15,16)17/h10-11H,5-9H2,1-4H3,(H,18,20)/t10-,11+/m1/s1. The summed E-state index contributed by atoms with van der Waals surface area (Å²) in [7, 11) is 0. The van der Waals surface area contributed by atoms with Crippen LogP contribution >= 0.6 is 0 Å². The zero-order valence-electron chi connectivity index (χ0n) is 13.1. The minimum Gasteiger partial charge on any atom is -0.444 e. The molecule has 0 aromatic rings. The van der Waals surface area contributed by atoms with Gasteiger partial charge in [0.1, 0.15) is 5.60 Å². The van der Waals surface area contributed by atoms with Gasteiger partial charge >= 0.3 is 12.3 Å². The average molecular weight is 310 g/mol. The van der Waals surface area contributed by atoms with Gasteiger partial charge in [-0.15, -0.1) is 0 Å². The lowest BCUT2D eigenvalue weighted by Gasteiger charge is -2.36. The lowest BCUT2D eigenvalue weighted by atomic mass is 9.91. The number of carbonyl (C=O) groups is 1. The van der Waals surface area contributed by atoms with E-state index < -0.39 is 24.4 Å². The molecule has 0 aromatic heterocycles. The number of hydrogen-bond acceptors (Lipinski definition) is 3. The third-order valence-corrected chi connectivity index (χ3v) is 3.40. The maximum Gasteiger partial charge on any atom is 0.407 e. The van der Waals surface area contributed by atoms with E-state index in [9.17, 15) is 18.0 Å². The van der Waals surface area contributed by atoms with Crippen molar-refractivity contribution in [2.75, 3.05) is 19.6 Å². The van der Waals surface area contributed by atoms with Gasteiger partial charge in [0.2, 0.25) is 0 Å². The summed E-state index contributed by atoms with van der Waals surface area (Å²) in [4.78, 5) is 13.1. The van der Waals surface area contributed by atoms with Crippen molar-refractivity contribution in [3.63, 3.8) is 0 Å². The SMILES string of the molecule is C[C@@H](NC(=O)OC(C)(C)C)[C@H]1CCCN(CC(F)(F)F)C1. The Bertz CT molecular complexity index is 353. The van der Waals surface area contributed by atoms with Gasteiger partial charge in [0.25, 0.3) is 0 Å². The predicted molar refractivity (Wildman–Crippen MR) is 74.1 cm³/mol. The van der Waals surface area contributed by atoms with E-state index >= 15 is 0 Å². The lowest BCUT2D eigenvalue weighted by molar-refractivity contribution is -0.149. The molecule has 1 heterocycles. The molecule has 1 saturated heterocycles. The molecule has 0 aliphatic carbocycles. The summed E-state index contributed by atoms with van der Waals surface area (Å²) in [5.74, 6) is 0.00798. The first-order valence-corrected chi connectivity index (χ1v) is 7.25. The molecule has 1 amide bonds. The first-order valence-electron chi connectivity index (χ1n) is 7.25. The third kappa shape index (κ3) is 7.55. The fourth-order valence-electron chi connectivity index (χ4n) is 2.51. The van der Waals surface area contributed by atoms with Crippen LogP contribution in [0.2, 0.25) is 0 Å². The number of hydrogen-bond donors (Lipinski definition) is 1. The van der Waals surface area contributed by atoms with E-state index in [1.807, 2.05) is 6.92 Å². The second-order valence-electron chi connectivity index (χ2n) is 6.69. The van der Waals surface area contributed by atoms with Gasteiger partial charge in [-0.3, -0.25) is 4.90 Å². The van der Waals surface area contributed by atoms with Crippen molar-refractivity contribution >= 4 is 6.09 Å². The van der Waals surface area contributed by atoms with Gasteiger partial charge in [-0.25, -0.2) is 4.79 Å². The van der Waals surface area contributed by atoms with Crippen molar-refractivity contribution in [1.29, 1.82) is 0 Å². The number of rotatable bonds is 3. The smallest absolute Gasteiger partial charge is 0.407 e. The number of likely N-dealkylation sites (tertiary alicyclic amines) is 1.